The van der Waals surface area contributed by atoms with Crippen LogP contribution in [0.4, 0.5) is 11.4 Å². The fourth-order valence-electron chi connectivity index (χ4n) is 1.24. The molecule has 78 valence electrons. The Morgan fingerprint density at radius 1 is 1.60 bits per heavy atom. The van der Waals surface area contributed by atoms with Crippen LogP contribution in [0.15, 0.2) is 23.2 Å². The molecule has 0 aromatic heterocycles. The van der Waals surface area contributed by atoms with Crippen LogP contribution < -0.4 is 4.74 Å². The Labute approximate surface area is 90.3 Å². The van der Waals surface area contributed by atoms with Gasteiger partial charge in [0.05, 0.1) is 11.0 Å². The summed E-state index contributed by atoms with van der Waals surface area (Å²) in [6.45, 7) is 0.384. The molecule has 0 fully saturated rings. The second-order valence-electron chi connectivity index (χ2n) is 2.91. The average Bonchev–Trinajstić information content (AvgIpc) is 2.27. The van der Waals surface area contributed by atoms with Gasteiger partial charge in [-0.15, -0.1) is 11.8 Å². The van der Waals surface area contributed by atoms with Crippen LogP contribution in [0.3, 0.4) is 0 Å². The molecule has 1 aliphatic rings. The van der Waals surface area contributed by atoms with Crippen molar-refractivity contribution < 1.29 is 9.66 Å². The number of hydrogen-bond acceptors (Lipinski definition) is 5. The van der Waals surface area contributed by atoms with Crippen LogP contribution in [-0.2, 0) is 0 Å². The molecule has 0 saturated carbocycles. The number of ether oxygens (including phenoxy) is 1. The fourth-order valence-corrected chi connectivity index (χ4v) is 1.60. The predicted molar refractivity (Wildman–Crippen MR) is 59.2 cm³/mol. The number of aliphatic imine (C=N–C) groups is 1. The molecule has 1 aliphatic heterocycles. The van der Waals surface area contributed by atoms with E-state index < -0.39 is 4.92 Å². The van der Waals surface area contributed by atoms with Gasteiger partial charge in [0.1, 0.15) is 17.3 Å². The topological polar surface area (TPSA) is 64.7 Å². The summed E-state index contributed by atoms with van der Waals surface area (Å²) in [5.74, 6) is 0.474. The quantitative estimate of drug-likeness (QED) is 0.542. The Bertz CT molecular complexity index is 445. The molecule has 0 atom stereocenters. The number of nitro benzene ring substituents is 1. The largest absolute Gasteiger partial charge is 0.484 e. The van der Waals surface area contributed by atoms with Gasteiger partial charge in [-0.25, -0.2) is 4.99 Å². The summed E-state index contributed by atoms with van der Waals surface area (Å²) in [5, 5.41) is 11.4. The van der Waals surface area contributed by atoms with Crippen molar-refractivity contribution in [2.24, 2.45) is 4.99 Å². The molecule has 0 radical (unpaired) electrons. The normalized spacial score (nSPS) is 13.8. The molecule has 0 unspecified atom stereocenters. The van der Waals surface area contributed by atoms with E-state index in [4.69, 9.17) is 4.74 Å². The van der Waals surface area contributed by atoms with Gasteiger partial charge < -0.3 is 4.74 Å². The van der Waals surface area contributed by atoms with E-state index in [1.54, 1.807) is 6.07 Å². The lowest BCUT2D eigenvalue weighted by Gasteiger charge is -2.14. The monoisotopic (exact) mass is 224 g/mol. The molecular formula is C9H8N2O3S. The zero-order valence-corrected chi connectivity index (χ0v) is 8.78. The highest BCUT2D eigenvalue weighted by atomic mass is 32.2. The second kappa shape index (κ2) is 3.90. The summed E-state index contributed by atoms with van der Waals surface area (Å²) in [4.78, 5) is 14.4. The van der Waals surface area contributed by atoms with Gasteiger partial charge in [-0.1, -0.05) is 0 Å². The van der Waals surface area contributed by atoms with Crippen molar-refractivity contribution in [2.75, 3.05) is 12.9 Å². The van der Waals surface area contributed by atoms with E-state index in [0.717, 1.165) is 5.04 Å². The number of hydrogen-bond donors (Lipinski definition) is 0. The first-order chi connectivity index (χ1) is 7.20. The summed E-state index contributed by atoms with van der Waals surface area (Å²) < 4.78 is 5.36. The van der Waals surface area contributed by atoms with Gasteiger partial charge in [0, 0.05) is 6.07 Å². The number of nitro groups is 1. The smallest absolute Gasteiger partial charge is 0.273 e. The van der Waals surface area contributed by atoms with Crippen molar-refractivity contribution in [1.29, 1.82) is 0 Å². The molecule has 5 nitrogen and oxygen atoms in total. The van der Waals surface area contributed by atoms with E-state index in [1.807, 2.05) is 6.26 Å². The SMILES string of the molecule is CSC1=Nc2ccc([N+](=O)[O-])cc2OC1. The first-order valence-corrected chi connectivity index (χ1v) is 5.46. The molecule has 15 heavy (non-hydrogen) atoms. The Hall–Kier alpha value is -1.56. The van der Waals surface area contributed by atoms with Gasteiger partial charge in [-0.3, -0.25) is 10.1 Å². The van der Waals surface area contributed by atoms with Crippen molar-refractivity contribution in [2.45, 2.75) is 0 Å². The number of benzene rings is 1. The lowest BCUT2D eigenvalue weighted by molar-refractivity contribution is -0.384. The zero-order chi connectivity index (χ0) is 10.8. The highest BCUT2D eigenvalue weighted by molar-refractivity contribution is 8.13. The van der Waals surface area contributed by atoms with E-state index in [0.29, 0.717) is 18.0 Å². The van der Waals surface area contributed by atoms with Crippen LogP contribution in [0.25, 0.3) is 0 Å². The number of non-ortho nitro benzene ring substituents is 1. The second-order valence-corrected chi connectivity index (χ2v) is 3.79. The maximum Gasteiger partial charge on any atom is 0.273 e. The third-order valence-electron chi connectivity index (χ3n) is 1.99. The molecule has 0 aliphatic carbocycles. The first-order valence-electron chi connectivity index (χ1n) is 4.23. The summed E-state index contributed by atoms with van der Waals surface area (Å²) >= 11 is 1.51. The summed E-state index contributed by atoms with van der Waals surface area (Å²) in [5.41, 5.74) is 0.674. The molecule has 0 amide bonds. The third kappa shape index (κ3) is 1.94. The van der Waals surface area contributed by atoms with Gasteiger partial charge in [0.2, 0.25) is 0 Å². The van der Waals surface area contributed by atoms with Gasteiger partial charge in [0.25, 0.3) is 5.69 Å². The fraction of sp³-hybridized carbons (Fsp3) is 0.222. The lowest BCUT2D eigenvalue weighted by Crippen LogP contribution is -2.11. The number of thioether (sulfide) groups is 1. The molecule has 2 rings (SSSR count). The average molecular weight is 224 g/mol. The van der Waals surface area contributed by atoms with E-state index in [-0.39, 0.29) is 5.69 Å². The van der Waals surface area contributed by atoms with Crippen molar-refractivity contribution >= 4 is 28.2 Å². The number of nitrogens with zero attached hydrogens (tertiary/aromatic N) is 2. The lowest BCUT2D eigenvalue weighted by atomic mass is 10.2. The molecule has 6 heteroatoms. The van der Waals surface area contributed by atoms with Crippen molar-refractivity contribution in [1.82, 2.24) is 0 Å². The molecular weight excluding hydrogens is 216 g/mol. The van der Waals surface area contributed by atoms with Crippen LogP contribution >= 0.6 is 11.8 Å². The highest BCUT2D eigenvalue weighted by Gasteiger charge is 2.16. The number of fused-ring (bicyclic) bond motifs is 1. The molecule has 0 spiro atoms. The standard InChI is InChI=1S/C9H8N2O3S/c1-15-9-5-14-8-4-6(11(12)13)2-3-7(8)10-9/h2-4H,5H2,1H3. The highest BCUT2D eigenvalue weighted by Crippen LogP contribution is 2.34. The Morgan fingerprint density at radius 2 is 2.40 bits per heavy atom. The van der Waals surface area contributed by atoms with E-state index in [1.165, 1.54) is 23.9 Å². The Morgan fingerprint density at radius 3 is 3.07 bits per heavy atom. The summed E-state index contributed by atoms with van der Waals surface area (Å²) in [7, 11) is 0. The Balaban J connectivity index is 2.41. The van der Waals surface area contributed by atoms with Crippen molar-refractivity contribution in [3.8, 4) is 5.75 Å². The van der Waals surface area contributed by atoms with Crippen LogP contribution in [0, 0.1) is 10.1 Å². The van der Waals surface area contributed by atoms with Crippen LogP contribution in [0.2, 0.25) is 0 Å². The minimum atomic E-state index is -0.447. The van der Waals surface area contributed by atoms with Gasteiger partial charge in [0.15, 0.2) is 5.75 Å². The zero-order valence-electron chi connectivity index (χ0n) is 7.97. The Kier molecular flexibility index (Phi) is 2.59. The molecule has 1 aromatic carbocycles. The number of rotatable bonds is 1. The molecule has 1 aromatic rings. The van der Waals surface area contributed by atoms with E-state index in [9.17, 15) is 10.1 Å². The van der Waals surface area contributed by atoms with Crippen LogP contribution in [-0.4, -0.2) is 22.8 Å². The van der Waals surface area contributed by atoms with Gasteiger partial charge in [-0.05, 0) is 12.3 Å². The van der Waals surface area contributed by atoms with E-state index in [2.05, 4.69) is 4.99 Å². The van der Waals surface area contributed by atoms with Crippen LogP contribution in [0.5, 0.6) is 5.75 Å². The first kappa shape index (κ1) is 9.97. The third-order valence-corrected chi connectivity index (χ3v) is 2.67. The maximum absolute atomic E-state index is 10.5. The van der Waals surface area contributed by atoms with Gasteiger partial charge in [-0.2, -0.15) is 0 Å². The molecule has 0 saturated heterocycles. The summed E-state index contributed by atoms with van der Waals surface area (Å²) in [6.07, 6.45) is 1.92. The van der Waals surface area contributed by atoms with E-state index >= 15 is 0 Å². The molecule has 0 N–H and O–H groups in total. The minimum absolute atomic E-state index is 0.0246. The van der Waals surface area contributed by atoms with Gasteiger partial charge >= 0.3 is 0 Å². The van der Waals surface area contributed by atoms with Crippen LogP contribution in [0.1, 0.15) is 0 Å². The molecule has 0 bridgehead atoms. The summed E-state index contributed by atoms with van der Waals surface area (Å²) in [6, 6.07) is 4.42. The predicted octanol–water partition coefficient (Wildman–Crippen LogP) is 2.38. The van der Waals surface area contributed by atoms with Crippen molar-refractivity contribution in [3.63, 3.8) is 0 Å². The maximum atomic E-state index is 10.5. The van der Waals surface area contributed by atoms with Crippen molar-refractivity contribution in [3.05, 3.63) is 28.3 Å². The molecule has 1 heterocycles. The minimum Gasteiger partial charge on any atom is -0.484 e.